The standard InChI is InChI=1S/C10H8ClF2NO/c11-10-5-2-1-3-8(14-15)9(5)6(12)4-7(10)13/h4,15H,1-3H2/b14-8-. The first-order chi connectivity index (χ1) is 7.15. The quantitative estimate of drug-likeness (QED) is 0.415. The van der Waals surface area contributed by atoms with Crippen molar-refractivity contribution in [2.75, 3.05) is 0 Å². The van der Waals surface area contributed by atoms with Crippen LogP contribution in [-0.4, -0.2) is 10.9 Å². The lowest BCUT2D eigenvalue weighted by Gasteiger charge is -2.18. The molecular formula is C10H8ClF2NO. The first-order valence-corrected chi connectivity index (χ1v) is 4.90. The van der Waals surface area contributed by atoms with Crippen molar-refractivity contribution in [2.24, 2.45) is 5.16 Å². The maximum absolute atomic E-state index is 13.5. The maximum atomic E-state index is 13.5. The normalized spacial score (nSPS) is 17.9. The van der Waals surface area contributed by atoms with Crippen LogP contribution in [0.4, 0.5) is 8.78 Å². The Morgan fingerprint density at radius 3 is 2.67 bits per heavy atom. The summed E-state index contributed by atoms with van der Waals surface area (Å²) in [6.45, 7) is 0. The molecule has 0 saturated heterocycles. The molecule has 0 atom stereocenters. The first kappa shape index (κ1) is 10.4. The summed E-state index contributed by atoms with van der Waals surface area (Å²) < 4.78 is 26.6. The summed E-state index contributed by atoms with van der Waals surface area (Å²) in [6, 6.07) is 0.720. The van der Waals surface area contributed by atoms with E-state index in [2.05, 4.69) is 5.16 Å². The van der Waals surface area contributed by atoms with Crippen molar-refractivity contribution < 1.29 is 14.0 Å². The number of hydrogen-bond acceptors (Lipinski definition) is 2. The molecule has 0 aromatic heterocycles. The fourth-order valence-electron chi connectivity index (χ4n) is 1.85. The monoisotopic (exact) mass is 231 g/mol. The second kappa shape index (κ2) is 3.77. The Morgan fingerprint density at radius 1 is 1.27 bits per heavy atom. The molecule has 1 N–H and O–H groups in total. The SMILES string of the molecule is O/N=C1/CCCc2c(Cl)c(F)cc(F)c21. The predicted octanol–water partition coefficient (Wildman–Crippen LogP) is 3.13. The zero-order valence-electron chi connectivity index (χ0n) is 7.73. The van der Waals surface area contributed by atoms with Crippen LogP contribution in [0, 0.1) is 11.6 Å². The molecule has 2 nitrogen and oxygen atoms in total. The molecule has 0 unspecified atom stereocenters. The van der Waals surface area contributed by atoms with Gasteiger partial charge in [-0.2, -0.15) is 0 Å². The van der Waals surface area contributed by atoms with Gasteiger partial charge in [0.25, 0.3) is 0 Å². The number of nitrogens with zero attached hydrogens (tertiary/aromatic N) is 1. The van der Waals surface area contributed by atoms with E-state index in [1.54, 1.807) is 0 Å². The van der Waals surface area contributed by atoms with Gasteiger partial charge in [0.2, 0.25) is 0 Å². The van der Waals surface area contributed by atoms with Crippen molar-refractivity contribution >= 4 is 17.3 Å². The van der Waals surface area contributed by atoms with Gasteiger partial charge in [0.1, 0.15) is 11.6 Å². The average molecular weight is 232 g/mol. The summed E-state index contributed by atoms with van der Waals surface area (Å²) in [5.74, 6) is -1.49. The molecule has 1 aliphatic rings. The minimum absolute atomic E-state index is 0.0766. The lowest BCUT2D eigenvalue weighted by molar-refractivity contribution is 0.317. The molecule has 0 radical (unpaired) electrons. The highest BCUT2D eigenvalue weighted by atomic mass is 35.5. The van der Waals surface area contributed by atoms with Crippen LogP contribution in [0.1, 0.15) is 24.0 Å². The summed E-state index contributed by atoms with van der Waals surface area (Å²) in [5.41, 5.74) is 0.777. The molecule has 0 bridgehead atoms. The number of rotatable bonds is 0. The van der Waals surface area contributed by atoms with Gasteiger partial charge in [0.05, 0.1) is 10.7 Å². The third kappa shape index (κ3) is 1.59. The van der Waals surface area contributed by atoms with E-state index < -0.39 is 11.6 Å². The second-order valence-corrected chi connectivity index (χ2v) is 3.79. The van der Waals surface area contributed by atoms with Crippen LogP contribution in [-0.2, 0) is 6.42 Å². The summed E-state index contributed by atoms with van der Waals surface area (Å²) in [4.78, 5) is 0. The predicted molar refractivity (Wildman–Crippen MR) is 52.6 cm³/mol. The Hall–Kier alpha value is -1.16. The molecule has 1 aromatic rings. The lowest BCUT2D eigenvalue weighted by Crippen LogP contribution is -2.15. The van der Waals surface area contributed by atoms with Crippen LogP contribution in [0.15, 0.2) is 11.2 Å². The number of benzene rings is 1. The van der Waals surface area contributed by atoms with Crippen molar-refractivity contribution in [1.82, 2.24) is 0 Å². The van der Waals surface area contributed by atoms with Gasteiger partial charge in [-0.3, -0.25) is 0 Å². The largest absolute Gasteiger partial charge is 0.411 e. The molecule has 0 spiro atoms. The van der Waals surface area contributed by atoms with Crippen molar-refractivity contribution in [3.05, 3.63) is 33.9 Å². The summed E-state index contributed by atoms with van der Waals surface area (Å²) in [7, 11) is 0. The number of hydrogen-bond donors (Lipinski definition) is 1. The van der Waals surface area contributed by atoms with Gasteiger partial charge in [-0.15, -0.1) is 0 Å². The maximum Gasteiger partial charge on any atom is 0.145 e. The molecule has 0 saturated carbocycles. The zero-order valence-corrected chi connectivity index (χ0v) is 8.48. The molecule has 1 aromatic carbocycles. The Morgan fingerprint density at radius 2 is 2.00 bits per heavy atom. The molecule has 80 valence electrons. The van der Waals surface area contributed by atoms with Gasteiger partial charge in [0.15, 0.2) is 0 Å². The Balaban J connectivity index is 2.72. The fraction of sp³-hybridized carbons (Fsp3) is 0.300. The minimum atomic E-state index is -0.771. The van der Waals surface area contributed by atoms with E-state index in [1.165, 1.54) is 0 Å². The summed E-state index contributed by atoms with van der Waals surface area (Å²) in [5, 5.41) is 11.6. The van der Waals surface area contributed by atoms with Crippen molar-refractivity contribution in [3.8, 4) is 0 Å². The number of fused-ring (bicyclic) bond motifs is 1. The van der Waals surface area contributed by atoms with Gasteiger partial charge >= 0.3 is 0 Å². The van der Waals surface area contributed by atoms with Gasteiger partial charge < -0.3 is 5.21 Å². The topological polar surface area (TPSA) is 32.6 Å². The van der Waals surface area contributed by atoms with Crippen LogP contribution < -0.4 is 0 Å². The van der Waals surface area contributed by atoms with Gasteiger partial charge in [-0.05, 0) is 24.8 Å². The van der Waals surface area contributed by atoms with Crippen LogP contribution in [0.5, 0.6) is 0 Å². The molecule has 0 amide bonds. The van der Waals surface area contributed by atoms with E-state index in [0.717, 1.165) is 6.07 Å². The van der Waals surface area contributed by atoms with E-state index in [-0.39, 0.29) is 16.3 Å². The molecule has 5 heteroatoms. The summed E-state index contributed by atoms with van der Waals surface area (Å²) >= 11 is 5.73. The summed E-state index contributed by atoms with van der Waals surface area (Å²) in [6.07, 6.45) is 1.65. The van der Waals surface area contributed by atoms with E-state index in [4.69, 9.17) is 16.8 Å². The molecule has 0 fully saturated rings. The van der Waals surface area contributed by atoms with Crippen molar-refractivity contribution in [1.29, 1.82) is 0 Å². The average Bonchev–Trinajstić information content (AvgIpc) is 2.25. The second-order valence-electron chi connectivity index (χ2n) is 3.41. The van der Waals surface area contributed by atoms with E-state index in [1.807, 2.05) is 0 Å². The highest BCUT2D eigenvalue weighted by Crippen LogP contribution is 2.32. The van der Waals surface area contributed by atoms with Crippen LogP contribution in [0.3, 0.4) is 0 Å². The molecule has 15 heavy (non-hydrogen) atoms. The highest BCUT2D eigenvalue weighted by molar-refractivity contribution is 6.32. The first-order valence-electron chi connectivity index (χ1n) is 4.53. The molecule has 2 rings (SSSR count). The third-order valence-electron chi connectivity index (χ3n) is 2.52. The van der Waals surface area contributed by atoms with Crippen molar-refractivity contribution in [3.63, 3.8) is 0 Å². The van der Waals surface area contributed by atoms with Gasteiger partial charge in [-0.25, -0.2) is 8.78 Å². The van der Waals surface area contributed by atoms with E-state index in [9.17, 15) is 8.78 Å². The number of oxime groups is 1. The third-order valence-corrected chi connectivity index (χ3v) is 2.93. The van der Waals surface area contributed by atoms with Crippen molar-refractivity contribution in [2.45, 2.75) is 19.3 Å². The van der Waals surface area contributed by atoms with Crippen LogP contribution in [0.2, 0.25) is 5.02 Å². The molecule has 0 aliphatic heterocycles. The van der Waals surface area contributed by atoms with Gasteiger partial charge in [-0.1, -0.05) is 16.8 Å². The van der Waals surface area contributed by atoms with Crippen LogP contribution >= 0.6 is 11.6 Å². The molecule has 1 aliphatic carbocycles. The van der Waals surface area contributed by atoms with Gasteiger partial charge in [0, 0.05) is 11.6 Å². The Bertz CT molecular complexity index is 446. The minimum Gasteiger partial charge on any atom is -0.411 e. The highest BCUT2D eigenvalue weighted by Gasteiger charge is 2.24. The van der Waals surface area contributed by atoms with E-state index >= 15 is 0 Å². The fourth-order valence-corrected chi connectivity index (χ4v) is 2.09. The van der Waals surface area contributed by atoms with Crippen LogP contribution in [0.25, 0.3) is 0 Å². The molecule has 0 heterocycles. The number of halogens is 3. The lowest BCUT2D eigenvalue weighted by atomic mass is 9.89. The Labute approximate surface area is 90.2 Å². The Kier molecular flexibility index (Phi) is 2.61. The zero-order chi connectivity index (χ0) is 11.0. The molecular weight excluding hydrogens is 224 g/mol. The van der Waals surface area contributed by atoms with E-state index in [0.29, 0.717) is 24.8 Å². The smallest absolute Gasteiger partial charge is 0.145 e.